The van der Waals surface area contributed by atoms with E-state index in [1.807, 2.05) is 6.92 Å². The van der Waals surface area contributed by atoms with Gasteiger partial charge in [-0.1, -0.05) is 20.3 Å². The Morgan fingerprint density at radius 2 is 2.00 bits per heavy atom. The van der Waals surface area contributed by atoms with Crippen molar-refractivity contribution in [3.05, 3.63) is 0 Å². The van der Waals surface area contributed by atoms with Gasteiger partial charge >= 0.3 is 0 Å². The molecule has 0 spiro atoms. The number of Topliss-reactive ketones (excluding diaryl/α,β-unsaturated/α-hetero) is 1. The molecule has 2 atom stereocenters. The molecule has 0 saturated carbocycles. The standard InChI is InChI=1S/C11H19NO2/c1-4-9-6-7-12(10(14)5-2)11(9)8(3)13/h9,11H,4-7H2,1-3H3. The van der Waals surface area contributed by atoms with Crippen LogP contribution in [0.25, 0.3) is 0 Å². The molecule has 0 aliphatic carbocycles. The number of carbonyl (C=O) groups is 2. The van der Waals surface area contributed by atoms with Gasteiger partial charge in [0.05, 0.1) is 6.04 Å². The van der Waals surface area contributed by atoms with Crippen LogP contribution in [0, 0.1) is 5.92 Å². The zero-order valence-electron chi connectivity index (χ0n) is 9.25. The molecule has 2 unspecified atom stereocenters. The van der Waals surface area contributed by atoms with Crippen molar-refractivity contribution in [2.75, 3.05) is 6.54 Å². The summed E-state index contributed by atoms with van der Waals surface area (Å²) in [7, 11) is 0. The number of carbonyl (C=O) groups excluding carboxylic acids is 2. The second kappa shape index (κ2) is 4.58. The van der Waals surface area contributed by atoms with Crippen LogP contribution in [-0.2, 0) is 9.59 Å². The molecule has 1 fully saturated rings. The van der Waals surface area contributed by atoms with Gasteiger partial charge in [0.2, 0.25) is 5.91 Å². The predicted molar refractivity (Wildman–Crippen MR) is 54.9 cm³/mol. The van der Waals surface area contributed by atoms with Gasteiger partial charge in [-0.15, -0.1) is 0 Å². The molecule has 1 rings (SSSR count). The Hall–Kier alpha value is -0.860. The molecular weight excluding hydrogens is 178 g/mol. The maximum Gasteiger partial charge on any atom is 0.222 e. The van der Waals surface area contributed by atoms with Crippen LogP contribution < -0.4 is 0 Å². The molecule has 14 heavy (non-hydrogen) atoms. The van der Waals surface area contributed by atoms with Crippen LogP contribution in [0.15, 0.2) is 0 Å². The summed E-state index contributed by atoms with van der Waals surface area (Å²) in [6.45, 7) is 6.28. The first-order valence-corrected chi connectivity index (χ1v) is 5.41. The fraction of sp³-hybridized carbons (Fsp3) is 0.818. The van der Waals surface area contributed by atoms with Crippen molar-refractivity contribution in [2.45, 2.75) is 46.1 Å². The van der Waals surface area contributed by atoms with Gasteiger partial charge in [-0.2, -0.15) is 0 Å². The van der Waals surface area contributed by atoms with Gasteiger partial charge in [-0.25, -0.2) is 0 Å². The van der Waals surface area contributed by atoms with Gasteiger partial charge in [0, 0.05) is 13.0 Å². The lowest BCUT2D eigenvalue weighted by atomic mass is 9.95. The minimum absolute atomic E-state index is 0.112. The Morgan fingerprint density at radius 3 is 2.43 bits per heavy atom. The fourth-order valence-electron chi connectivity index (χ4n) is 2.32. The molecule has 1 heterocycles. The lowest BCUT2D eigenvalue weighted by Crippen LogP contribution is -2.41. The quantitative estimate of drug-likeness (QED) is 0.689. The van der Waals surface area contributed by atoms with Crippen LogP contribution in [0.4, 0.5) is 0 Å². The van der Waals surface area contributed by atoms with Crippen LogP contribution >= 0.6 is 0 Å². The Bertz CT molecular complexity index is 237. The van der Waals surface area contributed by atoms with Crippen LogP contribution in [0.3, 0.4) is 0 Å². The normalized spacial score (nSPS) is 26.6. The minimum atomic E-state index is -0.146. The zero-order chi connectivity index (χ0) is 10.7. The van der Waals surface area contributed by atoms with Crippen molar-refractivity contribution in [1.29, 1.82) is 0 Å². The summed E-state index contributed by atoms with van der Waals surface area (Å²) in [6.07, 6.45) is 2.46. The molecule has 1 amide bonds. The molecule has 1 aliphatic heterocycles. The van der Waals surface area contributed by atoms with E-state index in [4.69, 9.17) is 0 Å². The molecule has 1 aliphatic rings. The van der Waals surface area contributed by atoms with Gasteiger partial charge in [0.25, 0.3) is 0 Å². The third-order valence-corrected chi connectivity index (χ3v) is 3.09. The molecule has 80 valence electrons. The molecular formula is C11H19NO2. The number of rotatable bonds is 3. The van der Waals surface area contributed by atoms with E-state index in [1.54, 1.807) is 11.8 Å². The van der Waals surface area contributed by atoms with Gasteiger partial charge in [0.15, 0.2) is 5.78 Å². The summed E-state index contributed by atoms with van der Waals surface area (Å²) in [5.41, 5.74) is 0. The number of likely N-dealkylation sites (tertiary alicyclic amines) is 1. The summed E-state index contributed by atoms with van der Waals surface area (Å²) in [5.74, 6) is 0.625. The highest BCUT2D eigenvalue weighted by molar-refractivity contribution is 5.88. The van der Waals surface area contributed by atoms with Crippen LogP contribution in [0.2, 0.25) is 0 Å². The summed E-state index contributed by atoms with van der Waals surface area (Å²) < 4.78 is 0. The van der Waals surface area contributed by atoms with Crippen LogP contribution in [-0.4, -0.2) is 29.2 Å². The van der Waals surface area contributed by atoms with E-state index in [9.17, 15) is 9.59 Å². The molecule has 3 nitrogen and oxygen atoms in total. The SMILES string of the molecule is CCC(=O)N1CCC(CC)C1C(C)=O. The summed E-state index contributed by atoms with van der Waals surface area (Å²) in [4.78, 5) is 24.8. The molecule has 0 aromatic rings. The minimum Gasteiger partial charge on any atom is -0.332 e. The van der Waals surface area contributed by atoms with Crippen molar-refractivity contribution >= 4 is 11.7 Å². The number of nitrogens with zero attached hydrogens (tertiary/aromatic N) is 1. The molecule has 3 heteroatoms. The number of hydrogen-bond donors (Lipinski definition) is 0. The topological polar surface area (TPSA) is 37.4 Å². The number of hydrogen-bond acceptors (Lipinski definition) is 2. The van der Waals surface area contributed by atoms with Crippen molar-refractivity contribution in [1.82, 2.24) is 4.90 Å². The first kappa shape index (κ1) is 11.2. The van der Waals surface area contributed by atoms with E-state index in [0.717, 1.165) is 19.4 Å². The number of ketones is 1. The molecule has 0 aromatic carbocycles. The Kier molecular flexibility index (Phi) is 3.67. The van der Waals surface area contributed by atoms with E-state index in [-0.39, 0.29) is 17.7 Å². The highest BCUT2D eigenvalue weighted by Crippen LogP contribution is 2.28. The average Bonchev–Trinajstić information content (AvgIpc) is 2.59. The van der Waals surface area contributed by atoms with E-state index in [1.165, 1.54) is 0 Å². The Labute approximate surface area is 85.5 Å². The largest absolute Gasteiger partial charge is 0.332 e. The lowest BCUT2D eigenvalue weighted by Gasteiger charge is -2.25. The van der Waals surface area contributed by atoms with E-state index < -0.39 is 0 Å². The van der Waals surface area contributed by atoms with Gasteiger partial charge in [0.1, 0.15) is 0 Å². The highest BCUT2D eigenvalue weighted by Gasteiger charge is 2.37. The van der Waals surface area contributed by atoms with E-state index in [0.29, 0.717) is 12.3 Å². The van der Waals surface area contributed by atoms with Crippen LogP contribution in [0.5, 0.6) is 0 Å². The second-order valence-corrected chi connectivity index (χ2v) is 3.95. The van der Waals surface area contributed by atoms with Gasteiger partial charge in [-0.05, 0) is 19.3 Å². The molecule has 0 aromatic heterocycles. The summed E-state index contributed by atoms with van der Waals surface area (Å²) >= 11 is 0. The maximum absolute atomic E-state index is 11.6. The van der Waals surface area contributed by atoms with Crippen molar-refractivity contribution in [3.63, 3.8) is 0 Å². The van der Waals surface area contributed by atoms with Gasteiger partial charge < -0.3 is 4.90 Å². The smallest absolute Gasteiger partial charge is 0.222 e. The molecule has 0 N–H and O–H groups in total. The third kappa shape index (κ3) is 1.97. The van der Waals surface area contributed by atoms with Gasteiger partial charge in [-0.3, -0.25) is 9.59 Å². The third-order valence-electron chi connectivity index (χ3n) is 3.09. The van der Waals surface area contributed by atoms with Crippen molar-refractivity contribution in [3.8, 4) is 0 Å². The Balaban J connectivity index is 2.78. The highest BCUT2D eigenvalue weighted by atomic mass is 16.2. The monoisotopic (exact) mass is 197 g/mol. The first-order valence-electron chi connectivity index (χ1n) is 5.41. The lowest BCUT2D eigenvalue weighted by molar-refractivity contribution is -0.137. The molecule has 0 bridgehead atoms. The van der Waals surface area contributed by atoms with E-state index in [2.05, 4.69) is 6.92 Å². The van der Waals surface area contributed by atoms with E-state index >= 15 is 0 Å². The van der Waals surface area contributed by atoms with Crippen molar-refractivity contribution < 1.29 is 9.59 Å². The zero-order valence-corrected chi connectivity index (χ0v) is 9.25. The molecule has 1 saturated heterocycles. The predicted octanol–water partition coefficient (Wildman–Crippen LogP) is 1.61. The summed E-state index contributed by atoms with van der Waals surface area (Å²) in [5, 5.41) is 0. The fourth-order valence-corrected chi connectivity index (χ4v) is 2.32. The molecule has 0 radical (unpaired) electrons. The van der Waals surface area contributed by atoms with Crippen LogP contribution in [0.1, 0.15) is 40.0 Å². The second-order valence-electron chi connectivity index (χ2n) is 3.95. The van der Waals surface area contributed by atoms with Crippen molar-refractivity contribution in [2.24, 2.45) is 5.92 Å². The number of amides is 1. The first-order chi connectivity index (χ1) is 6.61. The summed E-state index contributed by atoms with van der Waals surface area (Å²) in [6, 6.07) is -0.146. The maximum atomic E-state index is 11.6. The Morgan fingerprint density at radius 1 is 1.36 bits per heavy atom. The average molecular weight is 197 g/mol.